The lowest BCUT2D eigenvalue weighted by Crippen LogP contribution is -2.44. The van der Waals surface area contributed by atoms with Crippen molar-refractivity contribution >= 4 is 39.9 Å². The van der Waals surface area contributed by atoms with Crippen LogP contribution in [0.5, 0.6) is 0 Å². The Balaban J connectivity index is 2.47. The van der Waals surface area contributed by atoms with Crippen molar-refractivity contribution in [2.75, 3.05) is 13.7 Å². The average Bonchev–Trinajstić information content (AvgIpc) is 2.57. The number of ether oxygens (including phenoxy) is 2. The van der Waals surface area contributed by atoms with Gasteiger partial charge in [-0.1, -0.05) is 41.9 Å². The van der Waals surface area contributed by atoms with Gasteiger partial charge in [0.1, 0.15) is 6.04 Å². The molecule has 25 heavy (non-hydrogen) atoms. The summed E-state index contributed by atoms with van der Waals surface area (Å²) < 4.78 is 10.5. The minimum Gasteiger partial charge on any atom is -0.467 e. The lowest BCUT2D eigenvalue weighted by Gasteiger charge is -2.18. The van der Waals surface area contributed by atoms with Gasteiger partial charge >= 0.3 is 11.9 Å². The van der Waals surface area contributed by atoms with Crippen LogP contribution in [0.3, 0.4) is 0 Å². The van der Waals surface area contributed by atoms with E-state index in [0.29, 0.717) is 6.42 Å². The van der Waals surface area contributed by atoms with E-state index in [9.17, 15) is 14.4 Å². The van der Waals surface area contributed by atoms with Crippen LogP contribution >= 0.6 is 15.9 Å². The third kappa shape index (κ3) is 8.49. The van der Waals surface area contributed by atoms with E-state index in [1.54, 1.807) is 6.08 Å². The zero-order chi connectivity index (χ0) is 18.8. The Labute approximate surface area is 155 Å². The number of rotatable bonds is 8. The van der Waals surface area contributed by atoms with Crippen molar-refractivity contribution in [2.45, 2.75) is 26.3 Å². The molecule has 0 unspecified atom stereocenters. The highest BCUT2D eigenvalue weighted by Crippen LogP contribution is 2.11. The summed E-state index contributed by atoms with van der Waals surface area (Å²) in [5, 5.41) is 2.51. The molecule has 6 nitrogen and oxygen atoms in total. The SMILES string of the molecule is COC(=O)[C@@H](CC(C)C)NC(=O)COC(=O)/C=C/c1ccc(Br)cc1. The third-order valence-electron chi connectivity index (χ3n) is 3.16. The van der Waals surface area contributed by atoms with Crippen LogP contribution in [0.4, 0.5) is 0 Å². The maximum absolute atomic E-state index is 11.8. The summed E-state index contributed by atoms with van der Waals surface area (Å²) in [4.78, 5) is 35.1. The maximum atomic E-state index is 11.8. The number of esters is 2. The second kappa shape index (κ2) is 10.7. The number of carbonyl (C=O) groups excluding carboxylic acids is 3. The van der Waals surface area contributed by atoms with Gasteiger partial charge in [-0.3, -0.25) is 4.79 Å². The molecular formula is C18H22BrNO5. The molecule has 1 rings (SSSR count). The van der Waals surface area contributed by atoms with Gasteiger partial charge in [0.2, 0.25) is 0 Å². The van der Waals surface area contributed by atoms with Crippen LogP contribution in [0.2, 0.25) is 0 Å². The van der Waals surface area contributed by atoms with Crippen LogP contribution in [0, 0.1) is 5.92 Å². The second-order valence-electron chi connectivity index (χ2n) is 5.77. The molecule has 0 aliphatic carbocycles. The minimum atomic E-state index is -0.755. The summed E-state index contributed by atoms with van der Waals surface area (Å²) in [6.07, 6.45) is 3.26. The molecular weight excluding hydrogens is 390 g/mol. The van der Waals surface area contributed by atoms with Crippen molar-refractivity contribution in [3.63, 3.8) is 0 Å². The first-order valence-electron chi connectivity index (χ1n) is 7.79. The number of hydrogen-bond donors (Lipinski definition) is 1. The molecule has 136 valence electrons. The Hall–Kier alpha value is -2.15. The Morgan fingerprint density at radius 2 is 1.84 bits per heavy atom. The minimum absolute atomic E-state index is 0.195. The van der Waals surface area contributed by atoms with E-state index < -0.39 is 30.5 Å². The molecule has 0 aromatic heterocycles. The quantitative estimate of drug-likeness (QED) is 0.525. The van der Waals surface area contributed by atoms with Crippen LogP contribution < -0.4 is 5.32 Å². The highest BCUT2D eigenvalue weighted by molar-refractivity contribution is 9.10. The molecule has 1 aromatic rings. The predicted molar refractivity (Wildman–Crippen MR) is 97.5 cm³/mol. The molecule has 1 aromatic carbocycles. The number of methoxy groups -OCH3 is 1. The Kier molecular flexibility index (Phi) is 8.91. The molecule has 0 bridgehead atoms. The molecule has 1 N–H and O–H groups in total. The number of benzene rings is 1. The fourth-order valence-corrected chi connectivity index (χ4v) is 2.25. The zero-order valence-electron chi connectivity index (χ0n) is 14.5. The Morgan fingerprint density at radius 3 is 2.40 bits per heavy atom. The summed E-state index contributed by atoms with van der Waals surface area (Å²) in [7, 11) is 1.26. The summed E-state index contributed by atoms with van der Waals surface area (Å²) in [5.41, 5.74) is 0.826. The van der Waals surface area contributed by atoms with Crippen molar-refractivity contribution in [3.05, 3.63) is 40.4 Å². The van der Waals surface area contributed by atoms with E-state index >= 15 is 0 Å². The van der Waals surface area contributed by atoms with E-state index in [4.69, 9.17) is 4.74 Å². The van der Waals surface area contributed by atoms with E-state index in [-0.39, 0.29) is 5.92 Å². The zero-order valence-corrected chi connectivity index (χ0v) is 16.0. The van der Waals surface area contributed by atoms with Gasteiger partial charge in [0.05, 0.1) is 7.11 Å². The normalized spacial score (nSPS) is 12.0. The molecule has 1 amide bonds. The van der Waals surface area contributed by atoms with Crippen molar-refractivity contribution in [1.29, 1.82) is 0 Å². The van der Waals surface area contributed by atoms with Gasteiger partial charge in [-0.2, -0.15) is 0 Å². The van der Waals surface area contributed by atoms with Gasteiger partial charge in [0, 0.05) is 10.5 Å². The lowest BCUT2D eigenvalue weighted by molar-refractivity contribution is -0.148. The van der Waals surface area contributed by atoms with E-state index in [1.165, 1.54) is 13.2 Å². The predicted octanol–water partition coefficient (Wildman–Crippen LogP) is 2.71. The smallest absolute Gasteiger partial charge is 0.331 e. The molecule has 0 aliphatic rings. The largest absolute Gasteiger partial charge is 0.467 e. The molecule has 1 atom stereocenters. The van der Waals surface area contributed by atoms with E-state index in [0.717, 1.165) is 10.0 Å². The number of halogens is 1. The number of amides is 1. The summed E-state index contributed by atoms with van der Waals surface area (Å²) in [6.45, 7) is 3.39. The van der Waals surface area contributed by atoms with Crippen molar-refractivity contribution < 1.29 is 23.9 Å². The molecule has 0 radical (unpaired) electrons. The fraction of sp³-hybridized carbons (Fsp3) is 0.389. The highest BCUT2D eigenvalue weighted by Gasteiger charge is 2.22. The van der Waals surface area contributed by atoms with Gasteiger partial charge in [0.25, 0.3) is 5.91 Å². The summed E-state index contributed by atoms with van der Waals surface area (Å²) in [6, 6.07) is 6.59. The summed E-state index contributed by atoms with van der Waals surface area (Å²) >= 11 is 3.32. The van der Waals surface area contributed by atoms with Crippen LogP contribution in [0.25, 0.3) is 6.08 Å². The van der Waals surface area contributed by atoms with E-state index in [2.05, 4.69) is 26.0 Å². The molecule has 0 fully saturated rings. The second-order valence-corrected chi connectivity index (χ2v) is 6.68. The first kappa shape index (κ1) is 20.9. The maximum Gasteiger partial charge on any atom is 0.331 e. The van der Waals surface area contributed by atoms with Crippen LogP contribution in [-0.2, 0) is 23.9 Å². The van der Waals surface area contributed by atoms with Gasteiger partial charge < -0.3 is 14.8 Å². The molecule has 0 heterocycles. The standard InChI is InChI=1S/C18H22BrNO5/c1-12(2)10-15(18(23)24-3)20-16(21)11-25-17(22)9-6-13-4-7-14(19)8-5-13/h4-9,12,15H,10-11H2,1-3H3,(H,20,21)/b9-6+/t15-/m1/s1. The molecule has 0 saturated heterocycles. The summed E-state index contributed by atoms with van der Waals surface area (Å²) in [5.74, 6) is -1.53. The van der Waals surface area contributed by atoms with Gasteiger partial charge in [-0.05, 0) is 36.1 Å². The lowest BCUT2D eigenvalue weighted by atomic mass is 10.0. The van der Waals surface area contributed by atoms with Crippen molar-refractivity contribution in [1.82, 2.24) is 5.32 Å². The molecule has 0 saturated carbocycles. The van der Waals surface area contributed by atoms with Gasteiger partial charge in [-0.15, -0.1) is 0 Å². The average molecular weight is 412 g/mol. The molecule has 0 aliphatic heterocycles. The van der Waals surface area contributed by atoms with Crippen molar-refractivity contribution in [3.8, 4) is 0 Å². The first-order valence-corrected chi connectivity index (χ1v) is 8.58. The monoisotopic (exact) mass is 411 g/mol. The van der Waals surface area contributed by atoms with E-state index in [1.807, 2.05) is 38.1 Å². The number of carbonyl (C=O) groups is 3. The van der Waals surface area contributed by atoms with Crippen LogP contribution in [0.1, 0.15) is 25.8 Å². The van der Waals surface area contributed by atoms with Gasteiger partial charge in [0.15, 0.2) is 6.61 Å². The van der Waals surface area contributed by atoms with Crippen molar-refractivity contribution in [2.24, 2.45) is 5.92 Å². The molecule has 7 heteroatoms. The Bertz CT molecular complexity index is 625. The highest BCUT2D eigenvalue weighted by atomic mass is 79.9. The number of hydrogen-bond acceptors (Lipinski definition) is 5. The number of nitrogens with one attached hydrogen (secondary N) is 1. The topological polar surface area (TPSA) is 81.7 Å². The van der Waals surface area contributed by atoms with Crippen LogP contribution in [0.15, 0.2) is 34.8 Å². The fourth-order valence-electron chi connectivity index (χ4n) is 1.99. The van der Waals surface area contributed by atoms with Crippen LogP contribution in [-0.4, -0.2) is 37.6 Å². The molecule has 0 spiro atoms. The third-order valence-corrected chi connectivity index (χ3v) is 3.68. The first-order chi connectivity index (χ1) is 11.8. The van der Waals surface area contributed by atoms with Gasteiger partial charge in [-0.25, -0.2) is 9.59 Å². The Morgan fingerprint density at radius 1 is 1.20 bits per heavy atom.